The van der Waals surface area contributed by atoms with Crippen molar-refractivity contribution in [3.05, 3.63) is 45.5 Å². The van der Waals surface area contributed by atoms with Crippen molar-refractivity contribution in [1.82, 2.24) is 24.5 Å². The number of nitrogens with one attached hydrogen (secondary N) is 3. The van der Waals surface area contributed by atoms with E-state index in [4.69, 9.17) is 0 Å². The largest absolute Gasteiger partial charge is 0.367 e. The number of pyridine rings is 1. The quantitative estimate of drug-likeness (QED) is 0.659. The second-order valence-electron chi connectivity index (χ2n) is 5.28. The fourth-order valence-corrected chi connectivity index (χ4v) is 2.45. The molecule has 3 aromatic heterocycles. The molecule has 0 bridgehead atoms. The fraction of sp³-hybridized carbons (Fsp3) is 0.333. The lowest BCUT2D eigenvalue weighted by Crippen LogP contribution is -2.22. The van der Waals surface area contributed by atoms with Crippen LogP contribution in [0.5, 0.6) is 0 Å². The fourth-order valence-electron chi connectivity index (χ4n) is 2.45. The Morgan fingerprint density at radius 3 is 2.61 bits per heavy atom. The number of nitrogens with zero attached hydrogens (tertiary/aromatic N) is 3. The van der Waals surface area contributed by atoms with E-state index in [-0.39, 0.29) is 5.52 Å². The highest BCUT2D eigenvalue weighted by Gasteiger charge is 2.10. The Morgan fingerprint density at radius 2 is 1.96 bits per heavy atom. The highest BCUT2D eigenvalue weighted by molar-refractivity contribution is 5.71. The van der Waals surface area contributed by atoms with Crippen LogP contribution in [-0.2, 0) is 0 Å². The van der Waals surface area contributed by atoms with Gasteiger partial charge < -0.3 is 5.32 Å². The topological polar surface area (TPSA) is 108 Å². The van der Waals surface area contributed by atoms with Gasteiger partial charge in [-0.25, -0.2) is 14.8 Å². The average Bonchev–Trinajstić information content (AvgIpc) is 2.97. The minimum absolute atomic E-state index is 0.184. The van der Waals surface area contributed by atoms with Gasteiger partial charge in [0, 0.05) is 6.04 Å². The SMILES string of the molecule is CCC(CC)Nc1ccc(-n2cnc3c(=O)[nH]c(=O)[nH]c32)cn1. The molecule has 0 aromatic carbocycles. The van der Waals surface area contributed by atoms with Crippen molar-refractivity contribution in [2.45, 2.75) is 32.7 Å². The Hall–Kier alpha value is -2.90. The van der Waals surface area contributed by atoms with E-state index in [0.29, 0.717) is 17.4 Å². The molecule has 0 unspecified atom stereocenters. The van der Waals surface area contributed by atoms with Crippen molar-refractivity contribution in [3.63, 3.8) is 0 Å². The van der Waals surface area contributed by atoms with Crippen LogP contribution in [0.25, 0.3) is 16.9 Å². The smallest absolute Gasteiger partial charge is 0.327 e. The summed E-state index contributed by atoms with van der Waals surface area (Å²) in [4.78, 5) is 36.3. The molecule has 23 heavy (non-hydrogen) atoms. The first-order chi connectivity index (χ1) is 11.1. The van der Waals surface area contributed by atoms with Gasteiger partial charge in [0.1, 0.15) is 12.1 Å². The molecular weight excluding hydrogens is 296 g/mol. The molecule has 0 amide bonds. The third-order valence-corrected chi connectivity index (χ3v) is 3.81. The molecule has 0 fully saturated rings. The van der Waals surface area contributed by atoms with Crippen LogP contribution < -0.4 is 16.6 Å². The summed E-state index contributed by atoms with van der Waals surface area (Å²) in [6, 6.07) is 4.11. The maximum atomic E-state index is 11.7. The molecule has 8 nitrogen and oxygen atoms in total. The van der Waals surface area contributed by atoms with Gasteiger partial charge in [-0.1, -0.05) is 13.8 Å². The Morgan fingerprint density at radius 1 is 1.17 bits per heavy atom. The lowest BCUT2D eigenvalue weighted by molar-refractivity contribution is 0.668. The van der Waals surface area contributed by atoms with Crippen LogP contribution in [0, 0.1) is 0 Å². The molecule has 0 aliphatic carbocycles. The summed E-state index contributed by atoms with van der Waals surface area (Å²) in [7, 11) is 0. The number of anilines is 1. The normalized spacial score (nSPS) is 11.3. The van der Waals surface area contributed by atoms with Gasteiger partial charge in [-0.15, -0.1) is 0 Å². The van der Waals surface area contributed by atoms with Gasteiger partial charge in [-0.2, -0.15) is 0 Å². The maximum Gasteiger partial charge on any atom is 0.327 e. The third kappa shape index (κ3) is 2.87. The van der Waals surface area contributed by atoms with Gasteiger partial charge in [-0.3, -0.25) is 19.3 Å². The molecule has 0 aliphatic heterocycles. The molecule has 3 aromatic rings. The third-order valence-electron chi connectivity index (χ3n) is 3.81. The zero-order valence-electron chi connectivity index (χ0n) is 13.0. The van der Waals surface area contributed by atoms with Gasteiger partial charge in [0.25, 0.3) is 5.56 Å². The highest BCUT2D eigenvalue weighted by atomic mass is 16.2. The average molecular weight is 314 g/mol. The minimum Gasteiger partial charge on any atom is -0.367 e. The summed E-state index contributed by atoms with van der Waals surface area (Å²) in [6.07, 6.45) is 5.21. The van der Waals surface area contributed by atoms with Crippen LogP contribution in [0.3, 0.4) is 0 Å². The van der Waals surface area contributed by atoms with Crippen LogP contribution in [-0.4, -0.2) is 30.5 Å². The van der Waals surface area contributed by atoms with E-state index >= 15 is 0 Å². The predicted molar refractivity (Wildman–Crippen MR) is 88.1 cm³/mol. The van der Waals surface area contributed by atoms with Gasteiger partial charge in [-0.05, 0) is 25.0 Å². The van der Waals surface area contributed by atoms with E-state index < -0.39 is 11.2 Å². The minimum atomic E-state index is -0.566. The van der Waals surface area contributed by atoms with E-state index in [9.17, 15) is 9.59 Å². The standard InChI is InChI=1S/C15H18N6O2/c1-3-9(4-2)18-11-6-5-10(7-16-11)21-8-17-12-13(21)19-15(23)20-14(12)22/h5-9H,3-4H2,1-2H3,(H,16,18)(H2,19,20,22,23). The molecule has 0 aliphatic rings. The van der Waals surface area contributed by atoms with E-state index in [2.05, 4.69) is 39.1 Å². The molecular formula is C15H18N6O2. The number of fused-ring (bicyclic) bond motifs is 1. The zero-order valence-corrected chi connectivity index (χ0v) is 13.0. The van der Waals surface area contributed by atoms with Crippen molar-refractivity contribution < 1.29 is 0 Å². The molecule has 0 saturated heterocycles. The van der Waals surface area contributed by atoms with Crippen LogP contribution in [0.2, 0.25) is 0 Å². The van der Waals surface area contributed by atoms with Gasteiger partial charge in [0.05, 0.1) is 11.9 Å². The van der Waals surface area contributed by atoms with Crippen molar-refractivity contribution in [3.8, 4) is 5.69 Å². The number of aromatic nitrogens is 5. The summed E-state index contributed by atoms with van der Waals surface area (Å²) >= 11 is 0. The van der Waals surface area contributed by atoms with Crippen LogP contribution >= 0.6 is 0 Å². The van der Waals surface area contributed by atoms with Gasteiger partial charge in [0.15, 0.2) is 11.2 Å². The first-order valence-electron chi connectivity index (χ1n) is 7.55. The Labute approximate surface area is 131 Å². The molecule has 0 saturated carbocycles. The molecule has 8 heteroatoms. The monoisotopic (exact) mass is 314 g/mol. The van der Waals surface area contributed by atoms with Crippen molar-refractivity contribution >= 4 is 17.0 Å². The molecule has 3 rings (SSSR count). The maximum absolute atomic E-state index is 11.7. The molecule has 0 spiro atoms. The summed E-state index contributed by atoms with van der Waals surface area (Å²) in [5.74, 6) is 0.790. The number of H-pyrrole nitrogens is 2. The van der Waals surface area contributed by atoms with E-state index in [0.717, 1.165) is 18.7 Å². The molecule has 3 N–H and O–H groups in total. The molecule has 120 valence electrons. The van der Waals surface area contributed by atoms with E-state index in [1.165, 1.54) is 6.33 Å². The summed E-state index contributed by atoms with van der Waals surface area (Å²) in [5.41, 5.74) is 0.167. The van der Waals surface area contributed by atoms with E-state index in [1.807, 2.05) is 12.1 Å². The zero-order chi connectivity index (χ0) is 16.4. The Bertz CT molecular complexity index is 918. The van der Waals surface area contributed by atoms with Crippen molar-refractivity contribution in [2.75, 3.05) is 5.32 Å². The number of imidazole rings is 1. The number of hydrogen-bond acceptors (Lipinski definition) is 5. The van der Waals surface area contributed by atoms with Crippen LogP contribution in [0.15, 0.2) is 34.2 Å². The number of rotatable bonds is 5. The van der Waals surface area contributed by atoms with Gasteiger partial charge >= 0.3 is 5.69 Å². The van der Waals surface area contributed by atoms with E-state index in [1.54, 1.807) is 10.8 Å². The first-order valence-corrected chi connectivity index (χ1v) is 7.55. The second-order valence-corrected chi connectivity index (χ2v) is 5.28. The summed E-state index contributed by atoms with van der Waals surface area (Å²) in [6.45, 7) is 4.25. The molecule has 0 radical (unpaired) electrons. The van der Waals surface area contributed by atoms with Crippen LogP contribution in [0.4, 0.5) is 5.82 Å². The Kier molecular flexibility index (Phi) is 3.96. The molecule has 3 heterocycles. The lowest BCUT2D eigenvalue weighted by Gasteiger charge is -2.15. The summed E-state index contributed by atoms with van der Waals surface area (Å²) in [5, 5.41) is 3.36. The van der Waals surface area contributed by atoms with Crippen molar-refractivity contribution in [2.24, 2.45) is 0 Å². The van der Waals surface area contributed by atoms with Gasteiger partial charge in [0.2, 0.25) is 0 Å². The highest BCUT2D eigenvalue weighted by Crippen LogP contribution is 2.15. The second kappa shape index (κ2) is 6.07. The predicted octanol–water partition coefficient (Wildman–Crippen LogP) is 1.40. The first kappa shape index (κ1) is 15.0. The lowest BCUT2D eigenvalue weighted by atomic mass is 10.2. The summed E-state index contributed by atoms with van der Waals surface area (Å²) < 4.78 is 1.62. The number of aromatic amines is 2. The van der Waals surface area contributed by atoms with Crippen molar-refractivity contribution in [1.29, 1.82) is 0 Å². The Balaban J connectivity index is 1.97. The molecule has 0 atom stereocenters. The van der Waals surface area contributed by atoms with Crippen LogP contribution in [0.1, 0.15) is 26.7 Å². The number of hydrogen-bond donors (Lipinski definition) is 3.